The van der Waals surface area contributed by atoms with E-state index >= 15 is 0 Å². The van der Waals surface area contributed by atoms with Crippen molar-refractivity contribution in [2.45, 2.75) is 6.04 Å². The Kier molecular flexibility index (Phi) is 7.67. The van der Waals surface area contributed by atoms with Gasteiger partial charge in [-0.05, 0) is 36.4 Å². The maximum Gasteiger partial charge on any atom is 0.252 e. The highest BCUT2D eigenvalue weighted by molar-refractivity contribution is 6.01. The molecule has 0 heterocycles. The molecule has 9 nitrogen and oxygen atoms in total. The van der Waals surface area contributed by atoms with Crippen molar-refractivity contribution < 1.29 is 33.6 Å². The van der Waals surface area contributed by atoms with E-state index in [4.69, 9.17) is 18.9 Å². The molecule has 0 radical (unpaired) electrons. The third-order valence-corrected chi connectivity index (χ3v) is 4.09. The number of aliphatic hydroxyl groups is 1. The van der Waals surface area contributed by atoms with Crippen LogP contribution < -0.4 is 29.6 Å². The van der Waals surface area contributed by atoms with Gasteiger partial charge in [-0.2, -0.15) is 0 Å². The average molecular weight is 404 g/mol. The largest absolute Gasteiger partial charge is 0.497 e. The van der Waals surface area contributed by atoms with Crippen LogP contribution in [-0.4, -0.2) is 58.0 Å². The minimum absolute atomic E-state index is 0.176. The molecule has 0 fully saturated rings. The third-order valence-electron chi connectivity index (χ3n) is 4.09. The fourth-order valence-electron chi connectivity index (χ4n) is 2.55. The van der Waals surface area contributed by atoms with Crippen LogP contribution in [0.4, 0.5) is 5.69 Å². The molecule has 0 aliphatic heterocycles. The van der Waals surface area contributed by atoms with Crippen LogP contribution in [-0.2, 0) is 4.79 Å². The first-order valence-electron chi connectivity index (χ1n) is 8.64. The summed E-state index contributed by atoms with van der Waals surface area (Å²) in [6.45, 7) is -0.585. The van der Waals surface area contributed by atoms with Crippen LogP contribution in [0.1, 0.15) is 10.4 Å². The van der Waals surface area contributed by atoms with Gasteiger partial charge in [-0.15, -0.1) is 0 Å². The highest BCUT2D eigenvalue weighted by atomic mass is 16.5. The van der Waals surface area contributed by atoms with Crippen LogP contribution in [0.15, 0.2) is 36.4 Å². The van der Waals surface area contributed by atoms with Gasteiger partial charge in [0, 0.05) is 11.3 Å². The van der Waals surface area contributed by atoms with Gasteiger partial charge in [0.05, 0.1) is 35.0 Å². The fourth-order valence-corrected chi connectivity index (χ4v) is 2.55. The van der Waals surface area contributed by atoms with E-state index in [1.807, 2.05) is 0 Å². The number of carbonyl (C=O) groups excluding carboxylic acids is 2. The van der Waals surface area contributed by atoms with Gasteiger partial charge in [-0.25, -0.2) is 0 Å². The molecule has 0 saturated heterocycles. The minimum Gasteiger partial charge on any atom is -0.497 e. The van der Waals surface area contributed by atoms with Crippen LogP contribution in [0.25, 0.3) is 0 Å². The van der Waals surface area contributed by atoms with E-state index in [2.05, 4.69) is 10.6 Å². The molecule has 1 unspecified atom stereocenters. The molecule has 156 valence electrons. The Morgan fingerprint density at radius 2 is 1.52 bits per heavy atom. The van der Waals surface area contributed by atoms with Gasteiger partial charge in [0.25, 0.3) is 5.91 Å². The summed E-state index contributed by atoms with van der Waals surface area (Å²) in [4.78, 5) is 25.0. The maximum atomic E-state index is 12.6. The summed E-state index contributed by atoms with van der Waals surface area (Å²) in [5, 5.41) is 14.7. The standard InChI is InChI=1S/C20H24N2O7/c1-26-14-7-5-13(6-8-14)21-20(25)15(11-23)22-19(24)12-9-16(27-2)18(29-4)17(10-12)28-3/h5-10,15,23H,11H2,1-4H3,(H,21,25)(H,22,24). The first-order chi connectivity index (χ1) is 14.0. The van der Waals surface area contributed by atoms with E-state index in [1.54, 1.807) is 24.3 Å². The molecule has 0 saturated carbocycles. The van der Waals surface area contributed by atoms with Crippen LogP contribution in [0.3, 0.4) is 0 Å². The average Bonchev–Trinajstić information content (AvgIpc) is 2.76. The molecule has 29 heavy (non-hydrogen) atoms. The lowest BCUT2D eigenvalue weighted by Gasteiger charge is -2.18. The lowest BCUT2D eigenvalue weighted by Crippen LogP contribution is -2.46. The molecular formula is C20H24N2O7. The van der Waals surface area contributed by atoms with Gasteiger partial charge < -0.3 is 34.7 Å². The van der Waals surface area contributed by atoms with E-state index in [1.165, 1.54) is 40.6 Å². The molecule has 2 aromatic carbocycles. The molecule has 2 aromatic rings. The lowest BCUT2D eigenvalue weighted by molar-refractivity contribution is -0.118. The zero-order chi connectivity index (χ0) is 21.4. The lowest BCUT2D eigenvalue weighted by atomic mass is 10.1. The number of anilines is 1. The highest BCUT2D eigenvalue weighted by Crippen LogP contribution is 2.38. The summed E-state index contributed by atoms with van der Waals surface area (Å²) in [6, 6.07) is 8.39. The van der Waals surface area contributed by atoms with Gasteiger partial charge in [-0.1, -0.05) is 0 Å². The zero-order valence-corrected chi connectivity index (χ0v) is 16.6. The van der Waals surface area contributed by atoms with Crippen molar-refractivity contribution in [1.29, 1.82) is 0 Å². The number of hydrogen-bond donors (Lipinski definition) is 3. The summed E-state index contributed by atoms with van der Waals surface area (Å²) in [5.41, 5.74) is 0.673. The fraction of sp³-hybridized carbons (Fsp3) is 0.300. The van der Waals surface area contributed by atoms with Gasteiger partial charge in [0.2, 0.25) is 11.7 Å². The van der Waals surface area contributed by atoms with E-state index in [-0.39, 0.29) is 5.56 Å². The van der Waals surface area contributed by atoms with Crippen molar-refractivity contribution in [1.82, 2.24) is 5.32 Å². The topological polar surface area (TPSA) is 115 Å². The van der Waals surface area contributed by atoms with Gasteiger partial charge in [0.1, 0.15) is 11.8 Å². The van der Waals surface area contributed by atoms with E-state index in [9.17, 15) is 14.7 Å². The molecule has 9 heteroatoms. The second-order valence-corrected chi connectivity index (χ2v) is 5.84. The van der Waals surface area contributed by atoms with Gasteiger partial charge >= 0.3 is 0 Å². The number of rotatable bonds is 9. The molecule has 0 aromatic heterocycles. The quantitative estimate of drug-likeness (QED) is 0.579. The van der Waals surface area contributed by atoms with Crippen molar-refractivity contribution in [3.8, 4) is 23.0 Å². The molecule has 2 amide bonds. The van der Waals surface area contributed by atoms with E-state index in [0.717, 1.165) is 0 Å². The van der Waals surface area contributed by atoms with Crippen LogP contribution in [0.5, 0.6) is 23.0 Å². The predicted octanol–water partition coefficient (Wildman–Crippen LogP) is 1.45. The van der Waals surface area contributed by atoms with Crippen molar-refractivity contribution in [2.75, 3.05) is 40.4 Å². The summed E-state index contributed by atoms with van der Waals surface area (Å²) < 4.78 is 20.7. The Morgan fingerprint density at radius 3 is 1.97 bits per heavy atom. The minimum atomic E-state index is -1.16. The number of ether oxygens (including phenoxy) is 4. The number of benzene rings is 2. The number of methoxy groups -OCH3 is 4. The van der Waals surface area contributed by atoms with E-state index in [0.29, 0.717) is 28.7 Å². The Balaban J connectivity index is 2.15. The first kappa shape index (κ1) is 21.8. The Bertz CT molecular complexity index is 827. The monoisotopic (exact) mass is 404 g/mol. The third kappa shape index (κ3) is 5.29. The Hall–Kier alpha value is -3.46. The molecular weight excluding hydrogens is 380 g/mol. The van der Waals surface area contributed by atoms with Crippen LogP contribution in [0.2, 0.25) is 0 Å². The Morgan fingerprint density at radius 1 is 0.931 bits per heavy atom. The van der Waals surface area contributed by atoms with E-state index < -0.39 is 24.5 Å². The summed E-state index contributed by atoms with van der Waals surface area (Å²) >= 11 is 0. The van der Waals surface area contributed by atoms with Crippen molar-refractivity contribution in [3.05, 3.63) is 42.0 Å². The zero-order valence-electron chi connectivity index (χ0n) is 16.6. The summed E-state index contributed by atoms with van der Waals surface area (Å²) in [6.07, 6.45) is 0. The highest BCUT2D eigenvalue weighted by Gasteiger charge is 2.23. The molecule has 0 bridgehead atoms. The molecule has 0 aliphatic carbocycles. The number of nitrogens with one attached hydrogen (secondary N) is 2. The molecule has 1 atom stereocenters. The van der Waals surface area contributed by atoms with Crippen LogP contribution in [0, 0.1) is 0 Å². The number of hydrogen-bond acceptors (Lipinski definition) is 7. The second-order valence-electron chi connectivity index (χ2n) is 5.84. The Labute approximate surface area is 168 Å². The van der Waals surface area contributed by atoms with Gasteiger partial charge in [0.15, 0.2) is 11.5 Å². The summed E-state index contributed by atoms with van der Waals surface area (Å²) in [7, 11) is 5.84. The molecule has 3 N–H and O–H groups in total. The molecule has 0 aliphatic rings. The van der Waals surface area contributed by atoms with Crippen molar-refractivity contribution >= 4 is 17.5 Å². The molecule has 2 rings (SSSR count). The first-order valence-corrected chi connectivity index (χ1v) is 8.64. The molecule has 0 spiro atoms. The summed E-state index contributed by atoms with van der Waals surface area (Å²) in [5.74, 6) is 0.395. The maximum absolute atomic E-state index is 12.6. The second kappa shape index (κ2) is 10.2. The predicted molar refractivity (Wildman–Crippen MR) is 106 cm³/mol. The van der Waals surface area contributed by atoms with Crippen molar-refractivity contribution in [2.24, 2.45) is 0 Å². The normalized spacial score (nSPS) is 11.2. The smallest absolute Gasteiger partial charge is 0.252 e. The number of amides is 2. The number of carbonyl (C=O) groups is 2. The SMILES string of the molecule is COc1ccc(NC(=O)C(CO)NC(=O)c2cc(OC)c(OC)c(OC)c2)cc1. The number of aliphatic hydroxyl groups excluding tert-OH is 1. The van der Waals surface area contributed by atoms with Crippen molar-refractivity contribution in [3.63, 3.8) is 0 Å². The van der Waals surface area contributed by atoms with Crippen LogP contribution >= 0.6 is 0 Å². The van der Waals surface area contributed by atoms with Gasteiger partial charge in [-0.3, -0.25) is 9.59 Å².